The molecule has 8 nitrogen and oxygen atoms in total. The number of H-pyrrole nitrogens is 1. The number of alkyl halides is 3. The molecule has 4 N–H and O–H groups in total. The van der Waals surface area contributed by atoms with Crippen LogP contribution in [0.5, 0.6) is 0 Å². The topological polar surface area (TPSA) is 116 Å². The summed E-state index contributed by atoms with van der Waals surface area (Å²) in [5.74, 6) is -5.69. The lowest BCUT2D eigenvalue weighted by Gasteiger charge is -2.16. The molecule has 0 radical (unpaired) electrons. The van der Waals surface area contributed by atoms with E-state index in [0.29, 0.717) is 5.56 Å². The van der Waals surface area contributed by atoms with Crippen LogP contribution >= 0.6 is 11.6 Å². The number of amides is 3. The number of carbonyl (C=O) groups is 3. The van der Waals surface area contributed by atoms with Crippen molar-refractivity contribution in [2.24, 2.45) is 0 Å². The van der Waals surface area contributed by atoms with Crippen LogP contribution in [0.25, 0.3) is 11.3 Å². The number of anilines is 2. The van der Waals surface area contributed by atoms with Gasteiger partial charge in [0.25, 0.3) is 5.91 Å². The van der Waals surface area contributed by atoms with Crippen molar-refractivity contribution in [2.45, 2.75) is 38.4 Å². The van der Waals surface area contributed by atoms with Crippen LogP contribution in [0.2, 0.25) is 5.15 Å². The van der Waals surface area contributed by atoms with E-state index in [1.165, 1.54) is 19.1 Å². The second-order valence-electron chi connectivity index (χ2n) is 8.92. The minimum absolute atomic E-state index is 0.00929. The molecule has 1 aromatic heterocycles. The Morgan fingerprint density at radius 2 is 1.80 bits per heavy atom. The van der Waals surface area contributed by atoms with Gasteiger partial charge in [0.15, 0.2) is 0 Å². The third-order valence-electron chi connectivity index (χ3n) is 5.87. The predicted molar refractivity (Wildman–Crippen MR) is 137 cm³/mol. The van der Waals surface area contributed by atoms with E-state index in [0.717, 1.165) is 18.2 Å². The highest BCUT2D eigenvalue weighted by atomic mass is 35.5. The number of rotatable bonds is 3. The lowest BCUT2D eigenvalue weighted by atomic mass is 10.1. The molecule has 0 saturated heterocycles. The molecule has 0 spiro atoms. The van der Waals surface area contributed by atoms with Gasteiger partial charge in [-0.1, -0.05) is 23.8 Å². The van der Waals surface area contributed by atoms with Crippen LogP contribution in [0.15, 0.2) is 42.5 Å². The Balaban J connectivity index is 1.73. The maximum absolute atomic E-state index is 14.4. The molecule has 1 aliphatic rings. The van der Waals surface area contributed by atoms with E-state index in [4.69, 9.17) is 11.6 Å². The van der Waals surface area contributed by atoms with Gasteiger partial charge in [-0.15, -0.1) is 0 Å². The Morgan fingerprint density at radius 1 is 1.10 bits per heavy atom. The lowest BCUT2D eigenvalue weighted by Crippen LogP contribution is -2.30. The fourth-order valence-corrected chi connectivity index (χ4v) is 4.25. The van der Waals surface area contributed by atoms with E-state index in [1.807, 2.05) is 0 Å². The van der Waals surface area contributed by atoms with Crippen molar-refractivity contribution in [1.82, 2.24) is 15.3 Å². The number of aryl methyl sites for hydroxylation is 1. The second kappa shape index (κ2) is 11.5. The summed E-state index contributed by atoms with van der Waals surface area (Å²) < 4.78 is 67.1. The molecule has 2 aromatic carbocycles. The van der Waals surface area contributed by atoms with Gasteiger partial charge in [-0.2, -0.15) is 13.2 Å². The van der Waals surface area contributed by atoms with Gasteiger partial charge >= 0.3 is 12.1 Å². The molecule has 0 fully saturated rings. The highest BCUT2D eigenvalue weighted by molar-refractivity contribution is 6.32. The minimum Gasteiger partial charge on any atom is -0.342 e. The Morgan fingerprint density at radius 3 is 2.48 bits per heavy atom. The van der Waals surface area contributed by atoms with Crippen molar-refractivity contribution in [3.63, 3.8) is 0 Å². The molecule has 3 amide bonds. The summed E-state index contributed by atoms with van der Waals surface area (Å²) in [7, 11) is 0. The number of imidazole rings is 1. The van der Waals surface area contributed by atoms with Gasteiger partial charge in [0.05, 0.1) is 11.7 Å². The van der Waals surface area contributed by atoms with Crippen molar-refractivity contribution in [1.29, 1.82) is 0 Å². The van der Waals surface area contributed by atoms with Crippen LogP contribution in [0.3, 0.4) is 0 Å². The summed E-state index contributed by atoms with van der Waals surface area (Å²) in [6, 6.07) is 4.71. The first-order valence-corrected chi connectivity index (χ1v) is 12.2. The van der Waals surface area contributed by atoms with E-state index in [1.54, 1.807) is 17.5 Å². The maximum atomic E-state index is 14.4. The Kier molecular flexibility index (Phi) is 8.24. The quantitative estimate of drug-likeness (QED) is 0.225. The molecule has 3 aromatic rings. The normalized spacial score (nSPS) is 16.5. The summed E-state index contributed by atoms with van der Waals surface area (Å²) in [6.45, 7) is 1.48. The number of nitrogens with zero attached hydrogens (tertiary/aromatic N) is 1. The van der Waals surface area contributed by atoms with E-state index >= 15 is 0 Å². The standard InChI is InChI=1S/C26H21ClF5N5O3/c1-12-9-15(28)20(16(29)10-12)24(39)35-17-5-3-2-4-6-19(38)34-18-11-13(33-25(40)26(30,31)32)7-8-14(18)21-22(27)37-23(17)36-21/h2-3,7-11,17H,4-6H2,1H3,(H,33,40)(H,34,38)(H,35,39)(H,36,37)/b3-2+. The average Bonchev–Trinajstić information content (AvgIpc) is 3.23. The molecule has 14 heteroatoms. The Labute approximate surface area is 229 Å². The number of hydrogen-bond donors (Lipinski definition) is 4. The van der Waals surface area contributed by atoms with Gasteiger partial charge in [0.1, 0.15) is 33.9 Å². The fourth-order valence-electron chi connectivity index (χ4n) is 4.01. The van der Waals surface area contributed by atoms with Gasteiger partial charge in [-0.25, -0.2) is 13.8 Å². The van der Waals surface area contributed by atoms with Gasteiger partial charge < -0.3 is 20.9 Å². The van der Waals surface area contributed by atoms with Crippen molar-refractivity contribution >= 4 is 40.7 Å². The van der Waals surface area contributed by atoms with Gasteiger partial charge in [0, 0.05) is 17.7 Å². The van der Waals surface area contributed by atoms with Crippen molar-refractivity contribution in [3.8, 4) is 11.3 Å². The van der Waals surface area contributed by atoms with Crippen molar-refractivity contribution in [3.05, 3.63) is 76.2 Å². The summed E-state index contributed by atoms with van der Waals surface area (Å²) in [5, 5.41) is 6.80. The summed E-state index contributed by atoms with van der Waals surface area (Å²) in [6.07, 6.45) is -1.47. The minimum atomic E-state index is -5.13. The zero-order chi connectivity index (χ0) is 29.2. The number of halogens is 6. The zero-order valence-electron chi connectivity index (χ0n) is 20.7. The summed E-state index contributed by atoms with van der Waals surface area (Å²) >= 11 is 6.39. The molecule has 210 valence electrons. The SMILES string of the molecule is Cc1cc(F)c(C(=O)NC2C/C=C/CCC(=O)Nc3cc(NC(=O)C(F)(F)F)ccc3-c3nc2[nH]c3Cl)c(F)c1. The number of aromatic amines is 1. The first kappa shape index (κ1) is 28.7. The molecule has 0 saturated carbocycles. The monoisotopic (exact) mass is 581 g/mol. The summed E-state index contributed by atoms with van der Waals surface area (Å²) in [4.78, 5) is 44.0. The average molecular weight is 582 g/mol. The van der Waals surface area contributed by atoms with E-state index in [2.05, 4.69) is 20.6 Å². The highest BCUT2D eigenvalue weighted by Crippen LogP contribution is 2.36. The highest BCUT2D eigenvalue weighted by Gasteiger charge is 2.38. The fraction of sp³-hybridized carbons (Fsp3) is 0.231. The van der Waals surface area contributed by atoms with Crippen LogP contribution in [-0.4, -0.2) is 33.9 Å². The molecule has 1 atom stereocenters. The summed E-state index contributed by atoms with van der Waals surface area (Å²) in [5.41, 5.74) is -0.456. The number of carbonyl (C=O) groups excluding carboxylic acids is 3. The number of hydrogen-bond acceptors (Lipinski definition) is 4. The molecule has 4 rings (SSSR count). The van der Waals surface area contributed by atoms with Crippen molar-refractivity contribution in [2.75, 3.05) is 10.6 Å². The molecule has 40 heavy (non-hydrogen) atoms. The number of nitrogens with one attached hydrogen (secondary N) is 4. The van der Waals surface area contributed by atoms with E-state index in [-0.39, 0.29) is 52.9 Å². The Hall–Kier alpha value is -4.26. The van der Waals surface area contributed by atoms with Gasteiger partial charge in [-0.05, 0) is 55.7 Å². The number of benzene rings is 2. The van der Waals surface area contributed by atoms with Crippen molar-refractivity contribution < 1.29 is 36.3 Å². The largest absolute Gasteiger partial charge is 0.471 e. The van der Waals surface area contributed by atoms with Gasteiger partial charge in [0.2, 0.25) is 5.91 Å². The maximum Gasteiger partial charge on any atom is 0.471 e. The van der Waals surface area contributed by atoms with E-state index in [9.17, 15) is 36.3 Å². The van der Waals surface area contributed by atoms with Crippen LogP contribution in [0.4, 0.5) is 33.3 Å². The second-order valence-corrected chi connectivity index (χ2v) is 9.30. The molecule has 2 bridgehead atoms. The van der Waals surface area contributed by atoms with Crippen LogP contribution in [0, 0.1) is 18.6 Å². The molecule has 1 unspecified atom stereocenters. The lowest BCUT2D eigenvalue weighted by molar-refractivity contribution is -0.167. The van der Waals surface area contributed by atoms with Gasteiger partial charge in [-0.3, -0.25) is 14.4 Å². The molecule has 1 aliphatic heterocycles. The zero-order valence-corrected chi connectivity index (χ0v) is 21.4. The van der Waals surface area contributed by atoms with E-state index < -0.39 is 47.1 Å². The smallest absolute Gasteiger partial charge is 0.342 e. The number of fused-ring (bicyclic) bond motifs is 4. The third-order valence-corrected chi connectivity index (χ3v) is 6.14. The number of aromatic nitrogens is 2. The molecule has 0 aliphatic carbocycles. The molecular formula is C26H21ClF5N5O3. The third kappa shape index (κ3) is 6.47. The first-order chi connectivity index (χ1) is 18.8. The predicted octanol–water partition coefficient (Wildman–Crippen LogP) is 5.97. The van der Waals surface area contributed by atoms with Crippen LogP contribution < -0.4 is 16.0 Å². The van der Waals surface area contributed by atoms with Crippen LogP contribution in [0.1, 0.15) is 47.1 Å². The number of allylic oxidation sites excluding steroid dienone is 1. The molecule has 2 heterocycles. The molecular weight excluding hydrogens is 561 g/mol. The Bertz CT molecular complexity index is 1500. The van der Waals surface area contributed by atoms with Crippen LogP contribution in [-0.2, 0) is 9.59 Å². The first-order valence-electron chi connectivity index (χ1n) is 11.8.